The molecule has 1 N–H and O–H groups in total. The van der Waals surface area contributed by atoms with Crippen molar-refractivity contribution in [2.75, 3.05) is 13.7 Å². The van der Waals surface area contributed by atoms with Gasteiger partial charge in [-0.05, 0) is 37.1 Å². The van der Waals surface area contributed by atoms with Crippen LogP contribution < -0.4 is 10.1 Å². The Balaban J connectivity index is 1.91. The van der Waals surface area contributed by atoms with E-state index in [1.54, 1.807) is 0 Å². The van der Waals surface area contributed by atoms with Crippen molar-refractivity contribution in [2.24, 2.45) is 0 Å². The molecule has 0 unspecified atom stereocenters. The first kappa shape index (κ1) is 19.4. The Labute approximate surface area is 152 Å². The molecule has 0 saturated carbocycles. The van der Waals surface area contributed by atoms with Crippen LogP contribution in [-0.2, 0) is 9.53 Å². The molecule has 0 aliphatic rings. The summed E-state index contributed by atoms with van der Waals surface area (Å²) in [6, 6.07) is 11.4. The van der Waals surface area contributed by atoms with E-state index in [0.717, 1.165) is 17.2 Å². The van der Waals surface area contributed by atoms with E-state index in [1.807, 2.05) is 38.1 Å². The zero-order chi connectivity index (χ0) is 19.1. The van der Waals surface area contributed by atoms with Gasteiger partial charge in [0.1, 0.15) is 0 Å². The fraction of sp³-hybridized carbons (Fsp3) is 0.300. The first-order chi connectivity index (χ1) is 12.4. The largest absolute Gasteiger partial charge is 0.494 e. The number of hydrogen-bond donors (Lipinski definition) is 1. The summed E-state index contributed by atoms with van der Waals surface area (Å²) in [7, 11) is 1.33. The number of aryl methyl sites for hydroxylation is 1. The van der Waals surface area contributed by atoms with Crippen molar-refractivity contribution in [3.05, 3.63) is 65.0 Å². The topological polar surface area (TPSA) is 64.6 Å². The van der Waals surface area contributed by atoms with Crippen molar-refractivity contribution >= 4 is 11.9 Å². The van der Waals surface area contributed by atoms with E-state index in [1.165, 1.54) is 19.2 Å². The van der Waals surface area contributed by atoms with Gasteiger partial charge in [0.2, 0.25) is 0 Å². The molecule has 0 saturated heterocycles. The number of amides is 1. The number of halogens is 1. The predicted molar refractivity (Wildman–Crippen MR) is 95.6 cm³/mol. The number of esters is 1. The minimum absolute atomic E-state index is 0.0154. The molecule has 0 fully saturated rings. The molecular weight excluding hydrogens is 337 g/mol. The third-order valence-corrected chi connectivity index (χ3v) is 3.95. The number of nitrogens with one attached hydrogen (secondary N) is 1. The van der Waals surface area contributed by atoms with E-state index in [2.05, 4.69) is 5.32 Å². The third kappa shape index (κ3) is 5.05. The maximum absolute atomic E-state index is 13.6. The minimum atomic E-state index is -0.773. The number of methoxy groups -OCH3 is 1. The van der Waals surface area contributed by atoms with Gasteiger partial charge in [-0.25, -0.2) is 9.18 Å². The van der Waals surface area contributed by atoms with Crippen molar-refractivity contribution in [3.63, 3.8) is 0 Å². The Morgan fingerprint density at radius 2 is 1.85 bits per heavy atom. The number of carbonyl (C=O) groups is 2. The summed E-state index contributed by atoms with van der Waals surface area (Å²) in [4.78, 5) is 24.0. The predicted octanol–water partition coefficient (Wildman–Crippen LogP) is 3.57. The number of carbonyl (C=O) groups excluding carboxylic acids is 2. The van der Waals surface area contributed by atoms with Crippen LogP contribution in [0.15, 0.2) is 42.5 Å². The molecule has 2 aromatic rings. The van der Waals surface area contributed by atoms with Gasteiger partial charge in [-0.2, -0.15) is 0 Å². The number of hydrogen-bond acceptors (Lipinski definition) is 4. The van der Waals surface area contributed by atoms with Gasteiger partial charge in [-0.15, -0.1) is 0 Å². The second-order valence-corrected chi connectivity index (χ2v) is 5.86. The molecule has 2 rings (SSSR count). The Kier molecular flexibility index (Phi) is 6.72. The summed E-state index contributed by atoms with van der Waals surface area (Å²) >= 11 is 0. The quantitative estimate of drug-likeness (QED) is 0.768. The van der Waals surface area contributed by atoms with E-state index in [0.29, 0.717) is 6.42 Å². The smallest absolute Gasteiger partial charge is 0.338 e. The van der Waals surface area contributed by atoms with Gasteiger partial charge < -0.3 is 14.8 Å². The molecule has 0 heterocycles. The van der Waals surface area contributed by atoms with E-state index in [9.17, 15) is 14.0 Å². The molecule has 5 nitrogen and oxygen atoms in total. The summed E-state index contributed by atoms with van der Waals surface area (Å²) in [6.45, 7) is 3.51. The number of ether oxygens (including phenoxy) is 2. The van der Waals surface area contributed by atoms with Crippen LogP contribution in [0.25, 0.3) is 0 Å². The van der Waals surface area contributed by atoms with Crippen molar-refractivity contribution in [1.82, 2.24) is 5.32 Å². The standard InChI is InChI=1S/C20H22FNO4/c1-4-17(14-7-5-13(2)6-8-14)22-19(23)12-26-20(24)15-9-10-18(25-3)16(21)11-15/h5-11,17H,4,12H2,1-3H3,(H,22,23)/t17-/m1/s1. The van der Waals surface area contributed by atoms with Crippen LogP contribution in [0.3, 0.4) is 0 Å². The van der Waals surface area contributed by atoms with Crippen LogP contribution >= 0.6 is 0 Å². The lowest BCUT2D eigenvalue weighted by Crippen LogP contribution is -2.32. The first-order valence-electron chi connectivity index (χ1n) is 8.31. The van der Waals surface area contributed by atoms with Crippen LogP contribution in [-0.4, -0.2) is 25.6 Å². The summed E-state index contributed by atoms with van der Waals surface area (Å²) in [5.41, 5.74) is 2.13. The third-order valence-electron chi connectivity index (χ3n) is 3.95. The first-order valence-corrected chi connectivity index (χ1v) is 8.31. The maximum atomic E-state index is 13.6. The second-order valence-electron chi connectivity index (χ2n) is 5.86. The normalized spacial score (nSPS) is 11.5. The molecule has 1 amide bonds. The van der Waals surface area contributed by atoms with E-state index >= 15 is 0 Å². The lowest BCUT2D eigenvalue weighted by Gasteiger charge is -2.17. The summed E-state index contributed by atoms with van der Waals surface area (Å²) < 4.78 is 23.4. The van der Waals surface area contributed by atoms with Crippen molar-refractivity contribution < 1.29 is 23.5 Å². The second kappa shape index (κ2) is 8.99. The molecule has 1 atom stereocenters. The SMILES string of the molecule is CC[C@@H](NC(=O)COC(=O)c1ccc(OC)c(F)c1)c1ccc(C)cc1. The van der Waals surface area contributed by atoms with Gasteiger partial charge in [0.25, 0.3) is 5.91 Å². The summed E-state index contributed by atoms with van der Waals surface area (Å²) in [5, 5.41) is 2.83. The van der Waals surface area contributed by atoms with E-state index in [-0.39, 0.29) is 17.4 Å². The van der Waals surface area contributed by atoms with Crippen LogP contribution in [0.2, 0.25) is 0 Å². The van der Waals surface area contributed by atoms with Crippen LogP contribution in [0, 0.1) is 12.7 Å². The molecular formula is C20H22FNO4. The Bertz CT molecular complexity index is 774. The van der Waals surface area contributed by atoms with Gasteiger partial charge in [-0.3, -0.25) is 4.79 Å². The Hall–Kier alpha value is -2.89. The van der Waals surface area contributed by atoms with Gasteiger partial charge >= 0.3 is 5.97 Å². The van der Waals surface area contributed by atoms with E-state index < -0.39 is 24.3 Å². The maximum Gasteiger partial charge on any atom is 0.338 e. The van der Waals surface area contributed by atoms with Crippen LogP contribution in [0.1, 0.15) is 40.9 Å². The van der Waals surface area contributed by atoms with Gasteiger partial charge in [0.15, 0.2) is 18.2 Å². The molecule has 0 aromatic heterocycles. The average molecular weight is 359 g/mol. The monoisotopic (exact) mass is 359 g/mol. The van der Waals surface area contributed by atoms with Crippen LogP contribution in [0.5, 0.6) is 5.75 Å². The average Bonchev–Trinajstić information content (AvgIpc) is 2.64. The van der Waals surface area contributed by atoms with Crippen LogP contribution in [0.4, 0.5) is 4.39 Å². The molecule has 26 heavy (non-hydrogen) atoms. The van der Waals surface area contributed by atoms with Crippen molar-refractivity contribution in [3.8, 4) is 5.75 Å². The molecule has 0 aliphatic carbocycles. The highest BCUT2D eigenvalue weighted by molar-refractivity contribution is 5.91. The molecule has 2 aromatic carbocycles. The highest BCUT2D eigenvalue weighted by Gasteiger charge is 2.16. The summed E-state index contributed by atoms with van der Waals surface area (Å²) in [5.74, 6) is -1.83. The fourth-order valence-corrected chi connectivity index (χ4v) is 2.46. The highest BCUT2D eigenvalue weighted by atomic mass is 19.1. The Morgan fingerprint density at radius 1 is 1.15 bits per heavy atom. The lowest BCUT2D eigenvalue weighted by atomic mass is 10.0. The highest BCUT2D eigenvalue weighted by Crippen LogP contribution is 2.19. The Morgan fingerprint density at radius 3 is 2.42 bits per heavy atom. The minimum Gasteiger partial charge on any atom is -0.494 e. The molecule has 0 spiro atoms. The van der Waals surface area contributed by atoms with Gasteiger partial charge in [0.05, 0.1) is 18.7 Å². The molecule has 0 radical (unpaired) electrons. The zero-order valence-electron chi connectivity index (χ0n) is 15.0. The molecule has 0 aliphatic heterocycles. The van der Waals surface area contributed by atoms with E-state index in [4.69, 9.17) is 9.47 Å². The molecule has 6 heteroatoms. The molecule has 138 valence electrons. The fourth-order valence-electron chi connectivity index (χ4n) is 2.46. The lowest BCUT2D eigenvalue weighted by molar-refractivity contribution is -0.125. The number of rotatable bonds is 7. The summed E-state index contributed by atoms with van der Waals surface area (Å²) in [6.07, 6.45) is 0.701. The van der Waals surface area contributed by atoms with Crippen molar-refractivity contribution in [2.45, 2.75) is 26.3 Å². The van der Waals surface area contributed by atoms with Crippen molar-refractivity contribution in [1.29, 1.82) is 0 Å². The number of benzene rings is 2. The molecule has 0 bridgehead atoms. The zero-order valence-corrected chi connectivity index (χ0v) is 15.0. The van der Waals surface area contributed by atoms with Gasteiger partial charge in [-0.1, -0.05) is 36.8 Å². The van der Waals surface area contributed by atoms with Gasteiger partial charge in [0, 0.05) is 0 Å².